The summed E-state index contributed by atoms with van der Waals surface area (Å²) in [6, 6.07) is 5.47. The van der Waals surface area contributed by atoms with Crippen molar-refractivity contribution >= 4 is 12.4 Å². The first-order chi connectivity index (χ1) is 9.31. The Morgan fingerprint density at radius 1 is 1.21 bits per heavy atom. The molecule has 1 rings (SSSR count). The minimum absolute atomic E-state index is 0.471. The number of allylic oxidation sites excluding steroid dienone is 4. The second-order valence-corrected chi connectivity index (χ2v) is 3.66. The molecule has 3 nitrogen and oxygen atoms in total. The maximum absolute atomic E-state index is 10.4. The maximum atomic E-state index is 10.4. The van der Waals surface area contributed by atoms with Crippen molar-refractivity contribution in [3.63, 3.8) is 0 Å². The van der Waals surface area contributed by atoms with Crippen LogP contribution in [0.2, 0.25) is 0 Å². The average molecular weight is 258 g/mol. The molecule has 0 aromatic heterocycles. The number of ether oxygens (including phenoxy) is 2. The molecule has 0 saturated heterocycles. The zero-order chi connectivity index (χ0) is 13.9. The molecule has 0 aliphatic heterocycles. The summed E-state index contributed by atoms with van der Waals surface area (Å²) < 4.78 is 10.8. The summed E-state index contributed by atoms with van der Waals surface area (Å²) in [5, 5.41) is 0. The molecule has 0 atom stereocenters. The fourth-order valence-corrected chi connectivity index (χ4v) is 1.44. The number of hydrogen-bond donors (Lipinski definition) is 0. The van der Waals surface area contributed by atoms with Gasteiger partial charge in [0.15, 0.2) is 0 Å². The van der Waals surface area contributed by atoms with Gasteiger partial charge < -0.3 is 9.47 Å². The van der Waals surface area contributed by atoms with E-state index in [1.54, 1.807) is 13.2 Å². The molecule has 0 N–H and O–H groups in total. The highest BCUT2D eigenvalue weighted by Crippen LogP contribution is 2.25. The molecule has 1 aromatic rings. The van der Waals surface area contributed by atoms with E-state index in [0.717, 1.165) is 17.6 Å². The summed E-state index contributed by atoms with van der Waals surface area (Å²) in [7, 11) is 1.60. The van der Waals surface area contributed by atoms with Gasteiger partial charge in [-0.15, -0.1) is 0 Å². The zero-order valence-corrected chi connectivity index (χ0v) is 11.2. The molecule has 0 heterocycles. The molecule has 1 aromatic carbocycles. The fraction of sp³-hybridized carbons (Fsp3) is 0.188. The first kappa shape index (κ1) is 14.8. The van der Waals surface area contributed by atoms with Gasteiger partial charge in [-0.05, 0) is 43.4 Å². The molecule has 0 aliphatic rings. The fourth-order valence-electron chi connectivity index (χ4n) is 1.44. The van der Waals surface area contributed by atoms with Crippen molar-refractivity contribution in [1.29, 1.82) is 0 Å². The van der Waals surface area contributed by atoms with Gasteiger partial charge in [0, 0.05) is 5.56 Å². The van der Waals surface area contributed by atoms with Gasteiger partial charge in [-0.25, -0.2) is 0 Å². The van der Waals surface area contributed by atoms with Crippen molar-refractivity contribution in [1.82, 2.24) is 0 Å². The van der Waals surface area contributed by atoms with E-state index in [1.807, 2.05) is 49.4 Å². The van der Waals surface area contributed by atoms with E-state index in [1.165, 1.54) is 6.08 Å². The summed E-state index contributed by atoms with van der Waals surface area (Å²) >= 11 is 0. The Kier molecular flexibility index (Phi) is 6.80. The Balaban J connectivity index is 2.80. The average Bonchev–Trinajstić information content (AvgIpc) is 2.45. The van der Waals surface area contributed by atoms with Gasteiger partial charge in [-0.1, -0.05) is 18.2 Å². The second-order valence-electron chi connectivity index (χ2n) is 3.66. The molecular formula is C16H18O3. The van der Waals surface area contributed by atoms with E-state index in [2.05, 4.69) is 0 Å². The first-order valence-corrected chi connectivity index (χ1v) is 6.02. The molecular weight excluding hydrogens is 240 g/mol. The van der Waals surface area contributed by atoms with Crippen LogP contribution >= 0.6 is 0 Å². The molecule has 0 saturated carbocycles. The van der Waals surface area contributed by atoms with Crippen molar-refractivity contribution in [3.8, 4) is 11.5 Å². The van der Waals surface area contributed by atoms with Crippen molar-refractivity contribution < 1.29 is 14.3 Å². The molecule has 0 spiro atoms. The quantitative estimate of drug-likeness (QED) is 0.427. The van der Waals surface area contributed by atoms with Crippen LogP contribution < -0.4 is 9.47 Å². The number of benzene rings is 1. The van der Waals surface area contributed by atoms with E-state index in [9.17, 15) is 4.79 Å². The number of methoxy groups -OCH3 is 1. The summed E-state index contributed by atoms with van der Waals surface area (Å²) in [5.74, 6) is 1.44. The van der Waals surface area contributed by atoms with Crippen LogP contribution in [0.3, 0.4) is 0 Å². The van der Waals surface area contributed by atoms with Gasteiger partial charge in [0.2, 0.25) is 0 Å². The monoisotopic (exact) mass is 258 g/mol. The van der Waals surface area contributed by atoms with Crippen molar-refractivity contribution in [3.05, 3.63) is 54.1 Å². The third-order valence-electron chi connectivity index (χ3n) is 2.35. The molecule has 0 unspecified atom stereocenters. The predicted octanol–water partition coefficient (Wildman–Crippen LogP) is 3.42. The standard InChI is InChI=1S/C16H18O3/c1-3-4-5-6-12-19-16-10-9-15(18-2)13-14(16)8-7-11-17/h3-11,13H,12H2,1-2H3. The molecule has 0 aliphatic carbocycles. The van der Waals surface area contributed by atoms with Crippen LogP contribution in [0, 0.1) is 0 Å². The summed E-state index contributed by atoms with van der Waals surface area (Å²) in [6.07, 6.45) is 11.6. The smallest absolute Gasteiger partial charge is 0.142 e. The van der Waals surface area contributed by atoms with E-state index >= 15 is 0 Å². The number of rotatable bonds is 7. The minimum Gasteiger partial charge on any atom is -0.497 e. The predicted molar refractivity (Wildman–Crippen MR) is 77.5 cm³/mol. The largest absolute Gasteiger partial charge is 0.497 e. The highest BCUT2D eigenvalue weighted by Gasteiger charge is 2.02. The van der Waals surface area contributed by atoms with E-state index < -0.39 is 0 Å². The molecule has 100 valence electrons. The van der Waals surface area contributed by atoms with Crippen LogP contribution in [-0.4, -0.2) is 20.0 Å². The highest BCUT2D eigenvalue weighted by molar-refractivity contribution is 5.75. The van der Waals surface area contributed by atoms with Crippen LogP contribution in [0.4, 0.5) is 0 Å². The molecule has 0 fully saturated rings. The van der Waals surface area contributed by atoms with E-state index in [4.69, 9.17) is 9.47 Å². The number of carbonyl (C=O) groups excluding carboxylic acids is 1. The number of aldehydes is 1. The minimum atomic E-state index is 0.471. The van der Waals surface area contributed by atoms with Gasteiger partial charge in [0.05, 0.1) is 7.11 Å². The Bertz CT molecular complexity index is 485. The van der Waals surface area contributed by atoms with Crippen LogP contribution in [0.1, 0.15) is 12.5 Å². The third kappa shape index (κ3) is 5.25. The van der Waals surface area contributed by atoms with Gasteiger partial charge in [-0.3, -0.25) is 4.79 Å². The van der Waals surface area contributed by atoms with Gasteiger partial charge >= 0.3 is 0 Å². The van der Waals surface area contributed by atoms with Gasteiger partial charge in [-0.2, -0.15) is 0 Å². The van der Waals surface area contributed by atoms with Crippen LogP contribution in [0.25, 0.3) is 6.08 Å². The van der Waals surface area contributed by atoms with E-state index in [0.29, 0.717) is 12.4 Å². The van der Waals surface area contributed by atoms with E-state index in [-0.39, 0.29) is 0 Å². The first-order valence-electron chi connectivity index (χ1n) is 6.02. The topological polar surface area (TPSA) is 35.5 Å². The lowest BCUT2D eigenvalue weighted by molar-refractivity contribution is -0.104. The van der Waals surface area contributed by atoms with Crippen LogP contribution in [0.5, 0.6) is 11.5 Å². The summed E-state index contributed by atoms with van der Waals surface area (Å²) in [4.78, 5) is 10.4. The Hall–Kier alpha value is -2.29. The van der Waals surface area contributed by atoms with Crippen LogP contribution in [0.15, 0.2) is 48.6 Å². The normalized spacial score (nSPS) is 11.5. The van der Waals surface area contributed by atoms with Crippen molar-refractivity contribution in [2.45, 2.75) is 6.92 Å². The lowest BCUT2D eigenvalue weighted by Gasteiger charge is -2.09. The highest BCUT2D eigenvalue weighted by atomic mass is 16.5. The molecule has 0 amide bonds. The second kappa shape index (κ2) is 8.75. The van der Waals surface area contributed by atoms with Gasteiger partial charge in [0.1, 0.15) is 24.4 Å². The molecule has 0 radical (unpaired) electrons. The lowest BCUT2D eigenvalue weighted by Crippen LogP contribution is -1.96. The van der Waals surface area contributed by atoms with Gasteiger partial charge in [0.25, 0.3) is 0 Å². The molecule has 3 heteroatoms. The molecule has 0 bridgehead atoms. The van der Waals surface area contributed by atoms with Crippen LogP contribution in [-0.2, 0) is 4.79 Å². The third-order valence-corrected chi connectivity index (χ3v) is 2.35. The Morgan fingerprint density at radius 3 is 2.74 bits per heavy atom. The van der Waals surface area contributed by atoms with Crippen molar-refractivity contribution in [2.75, 3.05) is 13.7 Å². The lowest BCUT2D eigenvalue weighted by atomic mass is 10.1. The van der Waals surface area contributed by atoms with Crippen molar-refractivity contribution in [2.24, 2.45) is 0 Å². The zero-order valence-electron chi connectivity index (χ0n) is 11.2. The Labute approximate surface area is 113 Å². The Morgan fingerprint density at radius 2 is 2.05 bits per heavy atom. The SMILES string of the molecule is CC=CC=CCOc1ccc(OC)cc1C=CC=O. The summed E-state index contributed by atoms with van der Waals surface area (Å²) in [6.45, 7) is 2.43. The number of hydrogen-bond acceptors (Lipinski definition) is 3. The maximum Gasteiger partial charge on any atom is 0.142 e. The summed E-state index contributed by atoms with van der Waals surface area (Å²) in [5.41, 5.74) is 0.811. The number of carbonyl (C=O) groups is 1. The molecule has 19 heavy (non-hydrogen) atoms.